The number of thioether (sulfide) groups is 1. The number of benzene rings is 2. The lowest BCUT2D eigenvalue weighted by Gasteiger charge is -2.37. The minimum absolute atomic E-state index is 0.0472. The highest BCUT2D eigenvalue weighted by Gasteiger charge is 2.43. The van der Waals surface area contributed by atoms with Crippen molar-refractivity contribution in [3.63, 3.8) is 0 Å². The van der Waals surface area contributed by atoms with Crippen LogP contribution < -0.4 is 0 Å². The maximum atomic E-state index is 13.2. The van der Waals surface area contributed by atoms with Crippen molar-refractivity contribution >= 4 is 23.7 Å². The number of aliphatic hydroxyl groups is 1. The molecule has 182 valence electrons. The standard InChI is InChI=1S/C28H34O5S/c1-4-18-32-25(30)16-10-11-17-28(21-12-6-5-7-13-21)19-23(29)26(27(31)33-28)34-24-15-9-8-14-22(24)20(2)3/h5-9,12-15,20,29H,4,10-11,16-19H2,1-3H3. The Morgan fingerprint density at radius 3 is 2.50 bits per heavy atom. The number of aliphatic hydroxyl groups excluding tert-OH is 1. The van der Waals surface area contributed by atoms with E-state index in [9.17, 15) is 14.7 Å². The van der Waals surface area contributed by atoms with Gasteiger partial charge in [0.1, 0.15) is 16.3 Å². The molecule has 0 amide bonds. The van der Waals surface area contributed by atoms with Crippen LogP contribution >= 0.6 is 11.8 Å². The van der Waals surface area contributed by atoms with Crippen LogP contribution in [0.2, 0.25) is 0 Å². The summed E-state index contributed by atoms with van der Waals surface area (Å²) in [7, 11) is 0. The van der Waals surface area contributed by atoms with Crippen LogP contribution in [0.3, 0.4) is 0 Å². The van der Waals surface area contributed by atoms with Crippen molar-refractivity contribution in [3.8, 4) is 0 Å². The number of hydrogen-bond donors (Lipinski definition) is 1. The van der Waals surface area contributed by atoms with Gasteiger partial charge in [0, 0.05) is 11.3 Å². The van der Waals surface area contributed by atoms with Crippen molar-refractivity contribution in [1.82, 2.24) is 0 Å². The highest BCUT2D eigenvalue weighted by atomic mass is 32.2. The smallest absolute Gasteiger partial charge is 0.349 e. The average molecular weight is 483 g/mol. The Morgan fingerprint density at radius 1 is 1.12 bits per heavy atom. The summed E-state index contributed by atoms with van der Waals surface area (Å²) in [5.74, 6) is -0.385. The minimum Gasteiger partial charge on any atom is -0.511 e. The van der Waals surface area contributed by atoms with Crippen molar-refractivity contribution < 1.29 is 24.2 Å². The van der Waals surface area contributed by atoms with Crippen LogP contribution in [0.1, 0.15) is 76.3 Å². The Hall–Kier alpha value is -2.73. The molecule has 1 atom stereocenters. The summed E-state index contributed by atoms with van der Waals surface area (Å²) < 4.78 is 11.2. The quantitative estimate of drug-likeness (QED) is 0.274. The maximum Gasteiger partial charge on any atom is 0.349 e. The molecule has 1 unspecified atom stereocenters. The van der Waals surface area contributed by atoms with Crippen LogP contribution in [0.5, 0.6) is 0 Å². The molecule has 3 rings (SSSR count). The highest BCUT2D eigenvalue weighted by molar-refractivity contribution is 8.04. The lowest BCUT2D eigenvalue weighted by atomic mass is 9.83. The molecule has 0 spiro atoms. The molecular weight excluding hydrogens is 448 g/mol. The number of cyclic esters (lactones) is 1. The zero-order valence-electron chi connectivity index (χ0n) is 20.2. The predicted molar refractivity (Wildman–Crippen MR) is 135 cm³/mol. The first kappa shape index (κ1) is 25.9. The van der Waals surface area contributed by atoms with Gasteiger partial charge in [-0.2, -0.15) is 0 Å². The van der Waals surface area contributed by atoms with Gasteiger partial charge in [0.25, 0.3) is 0 Å². The van der Waals surface area contributed by atoms with E-state index in [1.54, 1.807) is 0 Å². The number of hydrogen-bond acceptors (Lipinski definition) is 6. The van der Waals surface area contributed by atoms with E-state index < -0.39 is 11.6 Å². The number of carbonyl (C=O) groups excluding carboxylic acids is 2. The molecule has 0 saturated carbocycles. The van der Waals surface area contributed by atoms with E-state index in [2.05, 4.69) is 13.8 Å². The molecule has 6 heteroatoms. The summed E-state index contributed by atoms with van der Waals surface area (Å²) >= 11 is 1.27. The van der Waals surface area contributed by atoms with Gasteiger partial charge in [-0.1, -0.05) is 81.1 Å². The lowest BCUT2D eigenvalue weighted by Crippen LogP contribution is -2.37. The Balaban J connectivity index is 1.79. The molecule has 2 aromatic carbocycles. The fraction of sp³-hybridized carbons (Fsp3) is 0.429. The molecule has 34 heavy (non-hydrogen) atoms. The maximum absolute atomic E-state index is 13.2. The second-order valence-corrected chi connectivity index (χ2v) is 9.98. The zero-order chi connectivity index (χ0) is 24.6. The summed E-state index contributed by atoms with van der Waals surface area (Å²) in [6.07, 6.45) is 3.13. The molecule has 5 nitrogen and oxygen atoms in total. The zero-order valence-corrected chi connectivity index (χ0v) is 21.0. The molecule has 1 aliphatic heterocycles. The van der Waals surface area contributed by atoms with Gasteiger partial charge in [-0.3, -0.25) is 4.79 Å². The molecule has 1 N–H and O–H groups in total. The van der Waals surface area contributed by atoms with Crippen LogP contribution in [-0.2, 0) is 24.7 Å². The number of unbranched alkanes of at least 4 members (excludes halogenated alkanes) is 1. The predicted octanol–water partition coefficient (Wildman–Crippen LogP) is 7.03. The number of carbonyl (C=O) groups is 2. The SMILES string of the molecule is CCCOC(=O)CCCCC1(c2ccccc2)CC(O)=C(Sc2ccccc2C(C)C)C(=O)O1. The molecule has 1 aliphatic rings. The van der Waals surface area contributed by atoms with Gasteiger partial charge in [0.15, 0.2) is 0 Å². The first-order chi connectivity index (χ1) is 16.4. The van der Waals surface area contributed by atoms with Crippen LogP contribution in [0.15, 0.2) is 70.2 Å². The van der Waals surface area contributed by atoms with Gasteiger partial charge >= 0.3 is 11.9 Å². The normalized spacial score (nSPS) is 18.2. The molecule has 0 bridgehead atoms. The van der Waals surface area contributed by atoms with Gasteiger partial charge in [-0.25, -0.2) is 4.79 Å². The molecule has 0 aromatic heterocycles. The molecule has 1 heterocycles. The van der Waals surface area contributed by atoms with E-state index in [1.165, 1.54) is 11.8 Å². The van der Waals surface area contributed by atoms with Crippen LogP contribution in [0.25, 0.3) is 0 Å². The van der Waals surface area contributed by atoms with Crippen LogP contribution in [0.4, 0.5) is 0 Å². The van der Waals surface area contributed by atoms with E-state index in [0.29, 0.717) is 38.2 Å². The van der Waals surface area contributed by atoms with Crippen molar-refractivity contribution in [2.24, 2.45) is 0 Å². The average Bonchev–Trinajstić information content (AvgIpc) is 2.83. The van der Waals surface area contributed by atoms with Crippen molar-refractivity contribution in [2.75, 3.05) is 6.61 Å². The van der Waals surface area contributed by atoms with E-state index in [0.717, 1.165) is 22.4 Å². The number of rotatable bonds is 11. The summed E-state index contributed by atoms with van der Waals surface area (Å²) in [5.41, 5.74) is 1.00. The van der Waals surface area contributed by atoms with Gasteiger partial charge in [0.05, 0.1) is 13.0 Å². The van der Waals surface area contributed by atoms with Crippen molar-refractivity contribution in [3.05, 3.63) is 76.4 Å². The Morgan fingerprint density at radius 2 is 1.82 bits per heavy atom. The Bertz CT molecular complexity index is 1010. The van der Waals surface area contributed by atoms with E-state index in [-0.39, 0.29) is 23.1 Å². The molecule has 0 aliphatic carbocycles. The van der Waals surface area contributed by atoms with Gasteiger partial charge < -0.3 is 14.6 Å². The third-order valence-corrected chi connectivity index (χ3v) is 7.12. The molecule has 2 aromatic rings. The van der Waals surface area contributed by atoms with E-state index >= 15 is 0 Å². The topological polar surface area (TPSA) is 72.8 Å². The number of esters is 2. The first-order valence-corrected chi connectivity index (χ1v) is 12.8. The second kappa shape index (κ2) is 12.1. The monoisotopic (exact) mass is 482 g/mol. The summed E-state index contributed by atoms with van der Waals surface area (Å²) in [6, 6.07) is 17.5. The lowest BCUT2D eigenvalue weighted by molar-refractivity contribution is -0.160. The van der Waals surface area contributed by atoms with Crippen LogP contribution in [-0.4, -0.2) is 23.7 Å². The summed E-state index contributed by atoms with van der Waals surface area (Å²) in [5, 5.41) is 11.1. The Labute approximate surface area is 206 Å². The Kier molecular flexibility index (Phi) is 9.22. The molecule has 0 fully saturated rings. The second-order valence-electron chi connectivity index (χ2n) is 8.92. The first-order valence-electron chi connectivity index (χ1n) is 12.0. The minimum atomic E-state index is -0.961. The molecular formula is C28H34O5S. The third kappa shape index (κ3) is 6.44. The van der Waals surface area contributed by atoms with Crippen molar-refractivity contribution in [1.29, 1.82) is 0 Å². The fourth-order valence-electron chi connectivity index (χ4n) is 4.14. The number of ether oxygens (including phenoxy) is 2. The molecule has 0 radical (unpaired) electrons. The highest BCUT2D eigenvalue weighted by Crippen LogP contribution is 2.46. The largest absolute Gasteiger partial charge is 0.511 e. The molecule has 0 saturated heterocycles. The van der Waals surface area contributed by atoms with Crippen LogP contribution in [0, 0.1) is 0 Å². The van der Waals surface area contributed by atoms with Gasteiger partial charge in [0.2, 0.25) is 0 Å². The third-order valence-electron chi connectivity index (χ3n) is 5.92. The van der Waals surface area contributed by atoms with E-state index in [1.807, 2.05) is 61.5 Å². The van der Waals surface area contributed by atoms with Crippen molar-refractivity contribution in [2.45, 2.75) is 75.7 Å². The van der Waals surface area contributed by atoms with Gasteiger partial charge in [-0.05, 0) is 48.8 Å². The summed E-state index contributed by atoms with van der Waals surface area (Å²) in [4.78, 5) is 26.2. The fourth-order valence-corrected chi connectivity index (χ4v) is 5.25. The van der Waals surface area contributed by atoms with Gasteiger partial charge in [-0.15, -0.1) is 0 Å². The van der Waals surface area contributed by atoms with E-state index in [4.69, 9.17) is 9.47 Å². The summed E-state index contributed by atoms with van der Waals surface area (Å²) in [6.45, 7) is 6.60.